The fourth-order valence-corrected chi connectivity index (χ4v) is 4.23. The first-order valence-corrected chi connectivity index (χ1v) is 11.6. The Morgan fingerprint density at radius 1 is 0.968 bits per heavy atom. The molecule has 0 bridgehead atoms. The van der Waals surface area contributed by atoms with E-state index in [9.17, 15) is 0 Å². The maximum atomic E-state index is 4.70. The fraction of sp³-hybridized carbons (Fsp3) is 0.261. The predicted octanol–water partition coefficient (Wildman–Crippen LogP) is 4.01. The minimum atomic E-state index is 0.558. The standard InChI is InChI=1S/C23H25N7S/c1-28-11-13-29(14-12-28)21-10-9-18(16-24-21)25-23-26-22-8-4-7-20(30(22)27-23)17-5-3-6-19(15-17)31-2/h3-10,15-16H,11-14H2,1-2H3,(H,25,27). The predicted molar refractivity (Wildman–Crippen MR) is 127 cm³/mol. The molecule has 1 N–H and O–H groups in total. The summed E-state index contributed by atoms with van der Waals surface area (Å²) in [4.78, 5) is 15.2. The highest BCUT2D eigenvalue weighted by atomic mass is 32.2. The summed E-state index contributed by atoms with van der Waals surface area (Å²) >= 11 is 1.73. The van der Waals surface area contributed by atoms with E-state index in [2.05, 4.69) is 74.8 Å². The Hall–Kier alpha value is -3.10. The highest BCUT2D eigenvalue weighted by Crippen LogP contribution is 2.26. The van der Waals surface area contributed by atoms with E-state index in [1.165, 1.54) is 4.90 Å². The summed E-state index contributed by atoms with van der Waals surface area (Å²) in [6.07, 6.45) is 3.93. The summed E-state index contributed by atoms with van der Waals surface area (Å²) in [5.74, 6) is 1.57. The second kappa shape index (κ2) is 8.56. The molecule has 1 aliphatic heterocycles. The van der Waals surface area contributed by atoms with Crippen molar-refractivity contribution in [2.75, 3.05) is 49.7 Å². The monoisotopic (exact) mass is 431 g/mol. The van der Waals surface area contributed by atoms with Gasteiger partial charge in [0.05, 0.1) is 17.6 Å². The Balaban J connectivity index is 1.37. The van der Waals surface area contributed by atoms with Crippen LogP contribution in [0.15, 0.2) is 65.7 Å². The molecule has 4 aromatic rings. The molecule has 8 heteroatoms. The quantitative estimate of drug-likeness (QED) is 0.479. The van der Waals surface area contributed by atoms with Crippen molar-refractivity contribution in [2.24, 2.45) is 0 Å². The van der Waals surface area contributed by atoms with Crippen LogP contribution in [0.3, 0.4) is 0 Å². The Bertz CT molecular complexity index is 1180. The van der Waals surface area contributed by atoms with Gasteiger partial charge < -0.3 is 15.1 Å². The Morgan fingerprint density at radius 2 is 1.81 bits per heavy atom. The van der Waals surface area contributed by atoms with Crippen LogP contribution in [0, 0.1) is 0 Å². The second-order valence-electron chi connectivity index (χ2n) is 7.67. The second-order valence-corrected chi connectivity index (χ2v) is 8.55. The van der Waals surface area contributed by atoms with Gasteiger partial charge in [-0.05, 0) is 49.7 Å². The number of piperazine rings is 1. The van der Waals surface area contributed by atoms with Crippen molar-refractivity contribution in [2.45, 2.75) is 4.90 Å². The number of fused-ring (bicyclic) bond motifs is 1. The molecular formula is C23H25N7S. The lowest BCUT2D eigenvalue weighted by atomic mass is 10.1. The molecule has 1 aromatic carbocycles. The van der Waals surface area contributed by atoms with Crippen LogP contribution in [0.5, 0.6) is 0 Å². The molecule has 3 aromatic heterocycles. The van der Waals surface area contributed by atoms with Gasteiger partial charge in [0.1, 0.15) is 5.82 Å². The number of rotatable bonds is 5. The van der Waals surface area contributed by atoms with Crippen LogP contribution in [-0.4, -0.2) is 64.0 Å². The Labute approximate surface area is 186 Å². The van der Waals surface area contributed by atoms with E-state index in [1.807, 2.05) is 28.9 Å². The van der Waals surface area contributed by atoms with Gasteiger partial charge in [-0.1, -0.05) is 18.2 Å². The lowest BCUT2D eigenvalue weighted by Gasteiger charge is -2.33. The van der Waals surface area contributed by atoms with Crippen LogP contribution in [0.4, 0.5) is 17.5 Å². The molecule has 0 saturated carbocycles. The third-order valence-electron chi connectivity index (χ3n) is 5.56. The van der Waals surface area contributed by atoms with Gasteiger partial charge in [-0.2, -0.15) is 4.98 Å². The number of likely N-dealkylation sites (N-methyl/N-ethyl adjacent to an activating group) is 1. The van der Waals surface area contributed by atoms with E-state index >= 15 is 0 Å². The van der Waals surface area contributed by atoms with E-state index < -0.39 is 0 Å². The minimum absolute atomic E-state index is 0.558. The van der Waals surface area contributed by atoms with Crippen molar-refractivity contribution in [3.63, 3.8) is 0 Å². The molecule has 158 valence electrons. The average molecular weight is 432 g/mol. The SMILES string of the molecule is CSc1cccc(-c2cccc3nc(Nc4ccc(N5CCN(C)CC5)nc4)nn23)c1. The number of thioether (sulfide) groups is 1. The van der Waals surface area contributed by atoms with Crippen LogP contribution >= 0.6 is 11.8 Å². The maximum Gasteiger partial charge on any atom is 0.247 e. The number of nitrogens with one attached hydrogen (secondary N) is 1. The molecular weight excluding hydrogens is 406 g/mol. The number of hydrogen-bond donors (Lipinski definition) is 1. The molecule has 1 saturated heterocycles. The molecule has 0 radical (unpaired) electrons. The summed E-state index contributed by atoms with van der Waals surface area (Å²) in [7, 11) is 2.16. The molecule has 0 amide bonds. The van der Waals surface area contributed by atoms with Gasteiger partial charge in [0.2, 0.25) is 5.95 Å². The van der Waals surface area contributed by atoms with E-state index in [4.69, 9.17) is 5.10 Å². The number of anilines is 3. The minimum Gasteiger partial charge on any atom is -0.354 e. The molecule has 4 heterocycles. The third-order valence-corrected chi connectivity index (χ3v) is 6.28. The zero-order valence-electron chi connectivity index (χ0n) is 17.7. The van der Waals surface area contributed by atoms with Gasteiger partial charge in [0, 0.05) is 36.6 Å². The average Bonchev–Trinajstić information content (AvgIpc) is 3.22. The summed E-state index contributed by atoms with van der Waals surface area (Å²) in [5.41, 5.74) is 3.81. The number of aromatic nitrogens is 4. The number of nitrogens with zero attached hydrogens (tertiary/aromatic N) is 6. The molecule has 7 nitrogen and oxygen atoms in total. The maximum absolute atomic E-state index is 4.70. The number of pyridine rings is 2. The van der Waals surface area contributed by atoms with Crippen LogP contribution in [0.2, 0.25) is 0 Å². The Morgan fingerprint density at radius 3 is 2.58 bits per heavy atom. The highest BCUT2D eigenvalue weighted by molar-refractivity contribution is 7.98. The third kappa shape index (κ3) is 4.22. The van der Waals surface area contributed by atoms with Crippen molar-refractivity contribution in [1.82, 2.24) is 24.5 Å². The zero-order chi connectivity index (χ0) is 21.2. The van der Waals surface area contributed by atoms with Gasteiger partial charge in [-0.25, -0.2) is 9.50 Å². The lowest BCUT2D eigenvalue weighted by molar-refractivity contribution is 0.312. The lowest BCUT2D eigenvalue weighted by Crippen LogP contribution is -2.44. The van der Waals surface area contributed by atoms with E-state index in [1.54, 1.807) is 11.8 Å². The summed E-state index contributed by atoms with van der Waals surface area (Å²) in [6.45, 7) is 4.14. The highest BCUT2D eigenvalue weighted by Gasteiger charge is 2.15. The molecule has 5 rings (SSSR count). The number of hydrogen-bond acceptors (Lipinski definition) is 7. The fourth-order valence-electron chi connectivity index (χ4n) is 3.77. The normalized spacial score (nSPS) is 14.8. The summed E-state index contributed by atoms with van der Waals surface area (Å²) in [5, 5.41) is 8.00. The molecule has 0 unspecified atom stereocenters. The van der Waals surface area contributed by atoms with Gasteiger partial charge in [-0.3, -0.25) is 0 Å². The van der Waals surface area contributed by atoms with E-state index in [-0.39, 0.29) is 0 Å². The van der Waals surface area contributed by atoms with Gasteiger partial charge in [-0.15, -0.1) is 16.9 Å². The molecule has 1 aliphatic rings. The molecule has 0 aliphatic carbocycles. The van der Waals surface area contributed by atoms with Crippen molar-refractivity contribution in [1.29, 1.82) is 0 Å². The van der Waals surface area contributed by atoms with Crippen molar-refractivity contribution in [3.05, 3.63) is 60.8 Å². The van der Waals surface area contributed by atoms with Crippen LogP contribution in [0.25, 0.3) is 16.9 Å². The van der Waals surface area contributed by atoms with Crippen LogP contribution < -0.4 is 10.2 Å². The van der Waals surface area contributed by atoms with Crippen molar-refractivity contribution < 1.29 is 0 Å². The van der Waals surface area contributed by atoms with Gasteiger partial charge >= 0.3 is 0 Å². The summed E-state index contributed by atoms with van der Waals surface area (Å²) < 4.78 is 1.88. The van der Waals surface area contributed by atoms with Crippen LogP contribution in [0.1, 0.15) is 0 Å². The smallest absolute Gasteiger partial charge is 0.247 e. The first-order valence-electron chi connectivity index (χ1n) is 10.4. The van der Waals surface area contributed by atoms with E-state index in [0.717, 1.165) is 54.6 Å². The van der Waals surface area contributed by atoms with Crippen LogP contribution in [-0.2, 0) is 0 Å². The topological polar surface area (TPSA) is 61.6 Å². The van der Waals surface area contributed by atoms with Crippen molar-refractivity contribution >= 4 is 34.9 Å². The van der Waals surface area contributed by atoms with E-state index in [0.29, 0.717) is 5.95 Å². The largest absolute Gasteiger partial charge is 0.354 e. The van der Waals surface area contributed by atoms with Gasteiger partial charge in [0.15, 0.2) is 5.65 Å². The summed E-state index contributed by atoms with van der Waals surface area (Å²) in [6, 6.07) is 18.6. The van der Waals surface area contributed by atoms with Crippen molar-refractivity contribution in [3.8, 4) is 11.3 Å². The molecule has 1 fully saturated rings. The first kappa shape index (κ1) is 19.8. The first-order chi connectivity index (χ1) is 15.2. The number of benzene rings is 1. The zero-order valence-corrected chi connectivity index (χ0v) is 18.5. The Kier molecular flexibility index (Phi) is 5.48. The van der Waals surface area contributed by atoms with Gasteiger partial charge in [0.25, 0.3) is 0 Å². The molecule has 0 atom stereocenters. The molecule has 31 heavy (non-hydrogen) atoms. The molecule has 0 spiro atoms.